The van der Waals surface area contributed by atoms with Crippen molar-refractivity contribution in [3.63, 3.8) is 0 Å². The average Bonchev–Trinajstić information content (AvgIpc) is 2.40. The van der Waals surface area contributed by atoms with Gasteiger partial charge in [0.25, 0.3) is 0 Å². The van der Waals surface area contributed by atoms with Crippen molar-refractivity contribution in [1.82, 2.24) is 0 Å². The van der Waals surface area contributed by atoms with Gasteiger partial charge in [0.15, 0.2) is 0 Å². The van der Waals surface area contributed by atoms with Crippen LogP contribution in [0, 0.1) is 13.8 Å². The minimum absolute atomic E-state index is 0.409. The summed E-state index contributed by atoms with van der Waals surface area (Å²) in [5, 5.41) is 10.6. The zero-order valence-electron chi connectivity index (χ0n) is 13.0. The quantitative estimate of drug-likeness (QED) is 0.811. The molecule has 1 N–H and O–H groups in total. The fraction of sp³-hybridized carbons (Fsp3) is 0.647. The molecule has 0 spiro atoms. The summed E-state index contributed by atoms with van der Waals surface area (Å²) < 4.78 is 5.87. The van der Waals surface area contributed by atoms with Crippen LogP contribution in [0.5, 0.6) is 0 Å². The number of hydrogen-bond donors (Lipinski definition) is 1. The Kier molecular flexibility index (Phi) is 6.02. The number of hydrogen-bond acceptors (Lipinski definition) is 2. The molecule has 0 saturated carbocycles. The van der Waals surface area contributed by atoms with E-state index < -0.39 is 11.7 Å². The van der Waals surface area contributed by atoms with Gasteiger partial charge in [-0.1, -0.05) is 32.0 Å². The van der Waals surface area contributed by atoms with Crippen molar-refractivity contribution < 1.29 is 9.84 Å². The van der Waals surface area contributed by atoms with E-state index in [1.54, 1.807) is 0 Å². The second kappa shape index (κ2) is 7.06. The van der Waals surface area contributed by atoms with Crippen molar-refractivity contribution in [3.8, 4) is 0 Å². The molecule has 0 aliphatic rings. The molecular weight excluding hydrogens is 236 g/mol. The fourth-order valence-corrected chi connectivity index (χ4v) is 2.65. The van der Waals surface area contributed by atoms with Crippen LogP contribution in [0.4, 0.5) is 0 Å². The Bertz CT molecular complexity index is 394. The van der Waals surface area contributed by atoms with E-state index in [4.69, 9.17) is 4.74 Å². The summed E-state index contributed by atoms with van der Waals surface area (Å²) in [7, 11) is 0. The number of ether oxygens (including phenoxy) is 1. The molecule has 0 aliphatic carbocycles. The Morgan fingerprint density at radius 2 is 1.74 bits per heavy atom. The maximum absolute atomic E-state index is 10.6. The second-order valence-electron chi connectivity index (χ2n) is 5.34. The Labute approximate surface area is 117 Å². The van der Waals surface area contributed by atoms with Gasteiger partial charge in [-0.25, -0.2) is 0 Å². The highest BCUT2D eigenvalue weighted by Gasteiger charge is 2.35. The van der Waals surface area contributed by atoms with Crippen LogP contribution in [-0.2, 0) is 11.2 Å². The third-order valence-corrected chi connectivity index (χ3v) is 4.24. The normalized spacial score (nSPS) is 13.6. The maximum atomic E-state index is 10.6. The predicted molar refractivity (Wildman–Crippen MR) is 80.6 cm³/mol. The molecule has 2 heteroatoms. The number of benzene rings is 1. The van der Waals surface area contributed by atoms with Gasteiger partial charge in [0.2, 0.25) is 0 Å². The summed E-state index contributed by atoms with van der Waals surface area (Å²) in [5.74, 6) is 0. The third-order valence-electron chi connectivity index (χ3n) is 4.24. The largest absolute Gasteiger partial charge is 0.390 e. The van der Waals surface area contributed by atoms with Crippen molar-refractivity contribution >= 4 is 0 Å². The van der Waals surface area contributed by atoms with Gasteiger partial charge in [0.1, 0.15) is 0 Å². The molecule has 1 aromatic carbocycles. The highest BCUT2D eigenvalue weighted by Crippen LogP contribution is 2.27. The van der Waals surface area contributed by atoms with Crippen LogP contribution >= 0.6 is 0 Å². The molecule has 0 bridgehead atoms. The SMILES string of the molecule is CCOC(CC)(CC)C(O)Cc1ccc(C)c(C)c1. The molecule has 0 aromatic heterocycles. The van der Waals surface area contributed by atoms with Gasteiger partial charge in [0, 0.05) is 13.0 Å². The van der Waals surface area contributed by atoms with Crippen LogP contribution in [-0.4, -0.2) is 23.4 Å². The summed E-state index contributed by atoms with van der Waals surface area (Å²) in [6.45, 7) is 11.0. The molecule has 0 heterocycles. The highest BCUT2D eigenvalue weighted by molar-refractivity contribution is 5.30. The van der Waals surface area contributed by atoms with Crippen LogP contribution in [0.2, 0.25) is 0 Å². The minimum atomic E-state index is -0.454. The molecule has 19 heavy (non-hydrogen) atoms. The van der Waals surface area contributed by atoms with Gasteiger partial charge in [-0.15, -0.1) is 0 Å². The molecule has 0 fully saturated rings. The van der Waals surface area contributed by atoms with Crippen LogP contribution in [0.1, 0.15) is 50.3 Å². The minimum Gasteiger partial charge on any atom is -0.390 e. The fourth-order valence-electron chi connectivity index (χ4n) is 2.65. The molecule has 108 valence electrons. The topological polar surface area (TPSA) is 29.5 Å². The van der Waals surface area contributed by atoms with Gasteiger partial charge < -0.3 is 9.84 Å². The van der Waals surface area contributed by atoms with Crippen molar-refractivity contribution in [2.24, 2.45) is 0 Å². The van der Waals surface area contributed by atoms with Crippen LogP contribution in [0.25, 0.3) is 0 Å². The average molecular weight is 264 g/mol. The first-order chi connectivity index (χ1) is 8.99. The number of aliphatic hydroxyl groups is 1. The lowest BCUT2D eigenvalue weighted by atomic mass is 9.86. The summed E-state index contributed by atoms with van der Waals surface area (Å²) in [6, 6.07) is 6.39. The smallest absolute Gasteiger partial charge is 0.0938 e. The molecule has 2 nitrogen and oxygen atoms in total. The second-order valence-corrected chi connectivity index (χ2v) is 5.34. The van der Waals surface area contributed by atoms with Crippen molar-refractivity contribution in [2.45, 2.75) is 65.6 Å². The Morgan fingerprint density at radius 1 is 1.11 bits per heavy atom. The van der Waals surface area contributed by atoms with Crippen molar-refractivity contribution in [3.05, 3.63) is 34.9 Å². The monoisotopic (exact) mass is 264 g/mol. The Morgan fingerprint density at radius 3 is 2.21 bits per heavy atom. The van der Waals surface area contributed by atoms with E-state index in [1.165, 1.54) is 16.7 Å². The molecule has 0 saturated heterocycles. The van der Waals surface area contributed by atoms with Crippen LogP contribution in [0.3, 0.4) is 0 Å². The third kappa shape index (κ3) is 3.80. The van der Waals surface area contributed by atoms with E-state index in [0.717, 1.165) is 12.8 Å². The highest BCUT2D eigenvalue weighted by atomic mass is 16.5. The van der Waals surface area contributed by atoms with E-state index in [1.807, 2.05) is 6.92 Å². The van der Waals surface area contributed by atoms with E-state index in [0.29, 0.717) is 13.0 Å². The van der Waals surface area contributed by atoms with E-state index in [2.05, 4.69) is 45.9 Å². The lowest BCUT2D eigenvalue weighted by molar-refractivity contribution is -0.124. The van der Waals surface area contributed by atoms with E-state index in [-0.39, 0.29) is 0 Å². The summed E-state index contributed by atoms with van der Waals surface area (Å²) in [6.07, 6.45) is 1.87. The number of aliphatic hydroxyl groups excluding tert-OH is 1. The van der Waals surface area contributed by atoms with Crippen molar-refractivity contribution in [1.29, 1.82) is 0 Å². The van der Waals surface area contributed by atoms with Crippen LogP contribution in [0.15, 0.2) is 18.2 Å². The maximum Gasteiger partial charge on any atom is 0.0938 e. The first kappa shape index (κ1) is 16.2. The number of rotatable bonds is 7. The molecule has 0 radical (unpaired) electrons. The molecule has 1 rings (SSSR count). The van der Waals surface area contributed by atoms with Crippen molar-refractivity contribution in [2.75, 3.05) is 6.61 Å². The zero-order chi connectivity index (χ0) is 14.5. The zero-order valence-corrected chi connectivity index (χ0v) is 13.0. The van der Waals surface area contributed by atoms with E-state index >= 15 is 0 Å². The lowest BCUT2D eigenvalue weighted by Gasteiger charge is -2.36. The Hall–Kier alpha value is -0.860. The van der Waals surface area contributed by atoms with Crippen LogP contribution < -0.4 is 0 Å². The summed E-state index contributed by atoms with van der Waals surface area (Å²) in [5.41, 5.74) is 3.34. The standard InChI is InChI=1S/C17H28O2/c1-6-17(7-2,19-8-3)16(18)12-15-10-9-13(4)14(5)11-15/h9-11,16,18H,6-8,12H2,1-5H3. The summed E-state index contributed by atoms with van der Waals surface area (Å²) in [4.78, 5) is 0. The first-order valence-corrected chi connectivity index (χ1v) is 7.37. The molecular formula is C17H28O2. The first-order valence-electron chi connectivity index (χ1n) is 7.37. The lowest BCUT2D eigenvalue weighted by Crippen LogP contribution is -2.45. The van der Waals surface area contributed by atoms with Gasteiger partial charge in [-0.05, 0) is 50.3 Å². The molecule has 0 aliphatic heterocycles. The number of aryl methyl sites for hydroxylation is 2. The van der Waals surface area contributed by atoms with Gasteiger partial charge in [-0.3, -0.25) is 0 Å². The molecule has 1 unspecified atom stereocenters. The molecule has 1 atom stereocenters. The molecule has 1 aromatic rings. The summed E-state index contributed by atoms with van der Waals surface area (Å²) >= 11 is 0. The van der Waals surface area contributed by atoms with Gasteiger partial charge >= 0.3 is 0 Å². The van der Waals surface area contributed by atoms with E-state index in [9.17, 15) is 5.11 Å². The van der Waals surface area contributed by atoms with Gasteiger partial charge in [0.05, 0.1) is 11.7 Å². The Balaban J connectivity index is 2.86. The molecule has 0 amide bonds. The van der Waals surface area contributed by atoms with Gasteiger partial charge in [-0.2, -0.15) is 0 Å². The predicted octanol–water partition coefficient (Wildman–Crippen LogP) is 3.80.